The van der Waals surface area contributed by atoms with E-state index in [0.29, 0.717) is 11.2 Å². The van der Waals surface area contributed by atoms with Gasteiger partial charge < -0.3 is 14.5 Å². The SMILES string of the molecule is O=c1[nH]c2cc([N+](=O)[O-])ccc2nc1/C(=N/Nc1ccccc1)[C@H](O)c1ccco1. The van der Waals surface area contributed by atoms with E-state index in [1.54, 1.807) is 36.4 Å². The summed E-state index contributed by atoms with van der Waals surface area (Å²) < 4.78 is 5.25. The summed E-state index contributed by atoms with van der Waals surface area (Å²) in [5.41, 5.74) is 2.85. The quantitative estimate of drug-likeness (QED) is 0.254. The Morgan fingerprint density at radius 2 is 2.00 bits per heavy atom. The maximum atomic E-state index is 12.7. The number of H-pyrrole nitrogens is 1. The number of non-ortho nitro benzene ring substituents is 1. The second-order valence-corrected chi connectivity index (χ2v) is 6.27. The van der Waals surface area contributed by atoms with E-state index >= 15 is 0 Å². The number of aromatic amines is 1. The Labute approximate surface area is 168 Å². The smallest absolute Gasteiger partial charge is 0.276 e. The van der Waals surface area contributed by atoms with Gasteiger partial charge in [0, 0.05) is 12.1 Å². The zero-order valence-electron chi connectivity index (χ0n) is 15.4. The van der Waals surface area contributed by atoms with E-state index < -0.39 is 16.6 Å². The van der Waals surface area contributed by atoms with E-state index in [1.165, 1.54) is 24.5 Å². The highest BCUT2D eigenvalue weighted by Gasteiger charge is 2.25. The number of rotatable bonds is 6. The lowest BCUT2D eigenvalue weighted by Crippen LogP contribution is -2.26. The van der Waals surface area contributed by atoms with Crippen LogP contribution in [-0.4, -0.2) is 25.7 Å². The number of hydrogen-bond acceptors (Lipinski definition) is 8. The van der Waals surface area contributed by atoms with E-state index in [0.717, 1.165) is 0 Å². The van der Waals surface area contributed by atoms with Crippen molar-refractivity contribution in [3.8, 4) is 0 Å². The minimum atomic E-state index is -1.37. The van der Waals surface area contributed by atoms with E-state index in [9.17, 15) is 20.0 Å². The van der Waals surface area contributed by atoms with Crippen LogP contribution in [0.15, 0.2) is 81.2 Å². The molecule has 0 aliphatic carbocycles. The van der Waals surface area contributed by atoms with Crippen LogP contribution in [0.5, 0.6) is 0 Å². The molecule has 0 saturated carbocycles. The van der Waals surface area contributed by atoms with Gasteiger partial charge in [0.15, 0.2) is 11.8 Å². The molecule has 10 heteroatoms. The van der Waals surface area contributed by atoms with E-state index in [-0.39, 0.29) is 28.4 Å². The Balaban J connectivity index is 1.82. The molecule has 30 heavy (non-hydrogen) atoms. The molecule has 0 bridgehead atoms. The molecule has 2 aromatic carbocycles. The second kappa shape index (κ2) is 7.97. The topological polar surface area (TPSA) is 147 Å². The Kier molecular flexibility index (Phi) is 5.06. The lowest BCUT2D eigenvalue weighted by Gasteiger charge is -2.12. The van der Waals surface area contributed by atoms with Gasteiger partial charge in [-0.25, -0.2) is 4.98 Å². The van der Waals surface area contributed by atoms with Gasteiger partial charge in [0.25, 0.3) is 11.2 Å². The molecule has 2 heterocycles. The summed E-state index contributed by atoms with van der Waals surface area (Å²) in [6.45, 7) is 0. The predicted molar refractivity (Wildman–Crippen MR) is 109 cm³/mol. The summed E-state index contributed by atoms with van der Waals surface area (Å²) in [5, 5.41) is 25.9. The van der Waals surface area contributed by atoms with E-state index in [1.807, 2.05) is 6.07 Å². The van der Waals surface area contributed by atoms with Crippen LogP contribution in [0.1, 0.15) is 17.6 Å². The van der Waals surface area contributed by atoms with Crippen molar-refractivity contribution in [2.24, 2.45) is 5.10 Å². The van der Waals surface area contributed by atoms with Gasteiger partial charge in [-0.15, -0.1) is 0 Å². The Morgan fingerprint density at radius 1 is 1.20 bits per heavy atom. The number of nitrogens with zero attached hydrogens (tertiary/aromatic N) is 3. The van der Waals surface area contributed by atoms with Crippen LogP contribution < -0.4 is 11.0 Å². The molecule has 0 aliphatic rings. The van der Waals surface area contributed by atoms with Gasteiger partial charge in [0.2, 0.25) is 0 Å². The molecular formula is C20H15N5O5. The molecule has 4 rings (SSSR count). The minimum Gasteiger partial charge on any atom is -0.466 e. The number of nitrogens with one attached hydrogen (secondary N) is 2. The van der Waals surface area contributed by atoms with Crippen molar-refractivity contribution in [1.82, 2.24) is 9.97 Å². The van der Waals surface area contributed by atoms with E-state index in [2.05, 4.69) is 20.5 Å². The average molecular weight is 405 g/mol. The molecular weight excluding hydrogens is 390 g/mol. The van der Waals surface area contributed by atoms with Gasteiger partial charge in [0.1, 0.15) is 11.5 Å². The van der Waals surface area contributed by atoms with Crippen LogP contribution in [0.3, 0.4) is 0 Å². The third-order valence-corrected chi connectivity index (χ3v) is 4.28. The van der Waals surface area contributed by atoms with Crippen LogP contribution in [0, 0.1) is 10.1 Å². The summed E-state index contributed by atoms with van der Waals surface area (Å²) >= 11 is 0. The maximum Gasteiger partial charge on any atom is 0.276 e. The number of aromatic nitrogens is 2. The lowest BCUT2D eigenvalue weighted by molar-refractivity contribution is -0.384. The number of fused-ring (bicyclic) bond motifs is 1. The number of para-hydroxylation sites is 1. The molecule has 0 unspecified atom stereocenters. The van der Waals surface area contributed by atoms with Crippen LogP contribution >= 0.6 is 0 Å². The lowest BCUT2D eigenvalue weighted by atomic mass is 10.1. The Morgan fingerprint density at radius 3 is 2.70 bits per heavy atom. The molecule has 0 radical (unpaired) electrons. The number of furan rings is 1. The number of nitro benzene ring substituents is 1. The van der Waals surface area contributed by atoms with Crippen LogP contribution in [0.2, 0.25) is 0 Å². The first-order chi connectivity index (χ1) is 14.5. The highest BCUT2D eigenvalue weighted by molar-refractivity contribution is 6.03. The normalized spacial score (nSPS) is 12.6. The molecule has 0 fully saturated rings. The number of anilines is 1. The molecule has 0 spiro atoms. The van der Waals surface area contributed by atoms with Crippen molar-refractivity contribution in [2.45, 2.75) is 6.10 Å². The van der Waals surface area contributed by atoms with Crippen LogP contribution in [-0.2, 0) is 0 Å². The Bertz CT molecular complexity index is 1280. The summed E-state index contributed by atoms with van der Waals surface area (Å²) in [4.78, 5) is 29.9. The van der Waals surface area contributed by atoms with Crippen molar-refractivity contribution >= 4 is 28.1 Å². The highest BCUT2D eigenvalue weighted by atomic mass is 16.6. The van der Waals surface area contributed by atoms with E-state index in [4.69, 9.17) is 4.42 Å². The summed E-state index contributed by atoms with van der Waals surface area (Å²) in [6, 6.07) is 16.0. The molecule has 3 N–H and O–H groups in total. The first-order valence-electron chi connectivity index (χ1n) is 8.82. The van der Waals surface area contributed by atoms with Gasteiger partial charge >= 0.3 is 0 Å². The van der Waals surface area contributed by atoms with Gasteiger partial charge in [-0.1, -0.05) is 18.2 Å². The number of hydrogen-bond donors (Lipinski definition) is 3. The van der Waals surface area contributed by atoms with Gasteiger partial charge in [0.05, 0.1) is 27.9 Å². The van der Waals surface area contributed by atoms with Crippen molar-refractivity contribution < 1.29 is 14.4 Å². The minimum absolute atomic E-state index is 0.0738. The standard InChI is InChI=1S/C20H15N5O5/c26-19(16-7-4-10-30-16)17(24-23-12-5-2-1-3-6-12)18-20(27)22-15-11-13(25(28)29)8-9-14(15)21-18/h1-11,19,23,26H,(H,22,27)/b24-17-/t19-/m1/s1. The van der Waals surface area contributed by atoms with Crippen molar-refractivity contribution in [3.63, 3.8) is 0 Å². The number of nitro groups is 1. The number of benzene rings is 2. The Hall–Kier alpha value is -4.31. The van der Waals surface area contributed by atoms with Crippen molar-refractivity contribution in [1.29, 1.82) is 0 Å². The predicted octanol–water partition coefficient (Wildman–Crippen LogP) is 2.97. The van der Waals surface area contributed by atoms with Crippen LogP contribution in [0.25, 0.3) is 11.0 Å². The largest absolute Gasteiger partial charge is 0.466 e. The number of aliphatic hydroxyl groups excluding tert-OH is 1. The zero-order valence-corrected chi connectivity index (χ0v) is 15.4. The van der Waals surface area contributed by atoms with Gasteiger partial charge in [-0.2, -0.15) is 5.10 Å². The first-order valence-corrected chi connectivity index (χ1v) is 8.82. The fourth-order valence-corrected chi connectivity index (χ4v) is 2.82. The summed E-state index contributed by atoms with van der Waals surface area (Å²) in [6.07, 6.45) is 0.0122. The molecule has 0 aliphatic heterocycles. The summed E-state index contributed by atoms with van der Waals surface area (Å²) in [5.74, 6) is 0.175. The fourth-order valence-electron chi connectivity index (χ4n) is 2.82. The highest BCUT2D eigenvalue weighted by Crippen LogP contribution is 2.21. The first kappa shape index (κ1) is 19.0. The fraction of sp³-hybridized carbons (Fsp3) is 0.0500. The molecule has 1 atom stereocenters. The van der Waals surface area contributed by atoms with Crippen LogP contribution in [0.4, 0.5) is 11.4 Å². The molecule has 4 aromatic rings. The molecule has 0 saturated heterocycles. The molecule has 150 valence electrons. The van der Waals surface area contributed by atoms with Gasteiger partial charge in [-0.3, -0.25) is 20.3 Å². The molecule has 10 nitrogen and oxygen atoms in total. The third kappa shape index (κ3) is 3.80. The summed E-state index contributed by atoms with van der Waals surface area (Å²) in [7, 11) is 0. The number of hydrazone groups is 1. The monoisotopic (exact) mass is 405 g/mol. The third-order valence-electron chi connectivity index (χ3n) is 4.28. The molecule has 0 amide bonds. The maximum absolute atomic E-state index is 12.7. The average Bonchev–Trinajstić information content (AvgIpc) is 3.29. The number of aliphatic hydroxyl groups is 1. The zero-order chi connectivity index (χ0) is 21.1. The van der Waals surface area contributed by atoms with Crippen molar-refractivity contribution in [3.05, 3.63) is 98.8 Å². The van der Waals surface area contributed by atoms with Crippen molar-refractivity contribution in [2.75, 3.05) is 5.43 Å². The molecule has 2 aromatic heterocycles. The second-order valence-electron chi connectivity index (χ2n) is 6.27. The van der Waals surface area contributed by atoms with Gasteiger partial charge in [-0.05, 0) is 30.3 Å².